The minimum Gasteiger partial charge on any atom is -0.381 e. The van der Waals surface area contributed by atoms with Crippen molar-refractivity contribution in [3.05, 3.63) is 30.6 Å². The molecule has 0 bridgehead atoms. The van der Waals surface area contributed by atoms with Crippen LogP contribution in [0.2, 0.25) is 0 Å². The van der Waals surface area contributed by atoms with Crippen molar-refractivity contribution in [3.8, 4) is 0 Å². The fraction of sp³-hybridized carbons (Fsp3) is 0.500. The van der Waals surface area contributed by atoms with Crippen LogP contribution in [0.1, 0.15) is 6.92 Å². The highest BCUT2D eigenvalue weighted by molar-refractivity contribution is 5.71. The summed E-state index contributed by atoms with van der Waals surface area (Å²) in [7, 11) is 1.73. The summed E-state index contributed by atoms with van der Waals surface area (Å²) in [6.45, 7) is 6.02. The quantitative estimate of drug-likeness (QED) is 0.551. The highest BCUT2D eigenvalue weighted by Crippen LogP contribution is 2.10. The van der Waals surface area contributed by atoms with Crippen LogP contribution in [0, 0.1) is 0 Å². The zero-order valence-electron chi connectivity index (χ0n) is 11.1. The molecule has 4 heteroatoms. The summed E-state index contributed by atoms with van der Waals surface area (Å²) in [5, 5.41) is 0. The Morgan fingerprint density at radius 1 is 1.22 bits per heavy atom. The van der Waals surface area contributed by atoms with Crippen molar-refractivity contribution in [2.45, 2.75) is 20.0 Å². The van der Waals surface area contributed by atoms with Gasteiger partial charge in [-0.15, -0.1) is 0 Å². The Balaban J connectivity index is 2.23. The lowest BCUT2D eigenvalue weighted by Gasteiger charge is -1.98. The highest BCUT2D eigenvalue weighted by atomic mass is 16.5. The first-order valence-corrected chi connectivity index (χ1v) is 6.40. The lowest BCUT2D eigenvalue weighted by Crippen LogP contribution is -2.34. The highest BCUT2D eigenvalue weighted by Gasteiger charge is 2.14. The number of ether oxygens (including phenoxy) is 2. The maximum atomic E-state index is 5.42. The van der Waals surface area contributed by atoms with Crippen LogP contribution in [0.15, 0.2) is 30.6 Å². The number of rotatable bonds is 7. The fourth-order valence-corrected chi connectivity index (χ4v) is 2.10. The molecule has 1 aromatic carbocycles. The van der Waals surface area contributed by atoms with E-state index in [4.69, 9.17) is 9.47 Å². The van der Waals surface area contributed by atoms with E-state index in [9.17, 15) is 0 Å². The van der Waals surface area contributed by atoms with Gasteiger partial charge in [0.25, 0.3) is 0 Å². The Hall–Kier alpha value is -1.39. The van der Waals surface area contributed by atoms with E-state index in [2.05, 4.69) is 39.7 Å². The minimum absolute atomic E-state index is 0.726. The summed E-state index contributed by atoms with van der Waals surface area (Å²) < 4.78 is 15.0. The molecular formula is C14H21N2O2+. The molecule has 0 atom stereocenters. The summed E-state index contributed by atoms with van der Waals surface area (Å²) in [4.78, 5) is 0. The van der Waals surface area contributed by atoms with E-state index >= 15 is 0 Å². The van der Waals surface area contributed by atoms with Crippen LogP contribution in [-0.4, -0.2) is 31.5 Å². The molecule has 0 aliphatic rings. The second-order valence-electron chi connectivity index (χ2n) is 4.18. The molecule has 0 aliphatic heterocycles. The van der Waals surface area contributed by atoms with Crippen molar-refractivity contribution in [1.82, 2.24) is 4.57 Å². The summed E-state index contributed by atoms with van der Waals surface area (Å²) in [5.41, 5.74) is 2.49. The SMILES string of the molecule is CCOCC[n+]1cn(CCOC)c2ccccc21. The van der Waals surface area contributed by atoms with E-state index in [0.717, 1.165) is 32.9 Å². The van der Waals surface area contributed by atoms with Crippen LogP contribution in [0.5, 0.6) is 0 Å². The van der Waals surface area contributed by atoms with Crippen molar-refractivity contribution in [2.24, 2.45) is 0 Å². The summed E-state index contributed by atoms with van der Waals surface area (Å²) >= 11 is 0. The molecule has 0 radical (unpaired) electrons. The van der Waals surface area contributed by atoms with Crippen LogP contribution < -0.4 is 4.57 Å². The molecular weight excluding hydrogens is 228 g/mol. The number of methoxy groups -OCH3 is 1. The molecule has 0 saturated heterocycles. The average molecular weight is 249 g/mol. The largest absolute Gasteiger partial charge is 0.381 e. The monoisotopic (exact) mass is 249 g/mol. The second kappa shape index (κ2) is 6.52. The number of hydrogen-bond acceptors (Lipinski definition) is 2. The molecule has 0 spiro atoms. The molecule has 1 aromatic heterocycles. The van der Waals surface area contributed by atoms with Crippen LogP contribution in [0.4, 0.5) is 0 Å². The van der Waals surface area contributed by atoms with Gasteiger partial charge in [-0.05, 0) is 19.1 Å². The van der Waals surface area contributed by atoms with Gasteiger partial charge < -0.3 is 9.47 Å². The first-order valence-electron chi connectivity index (χ1n) is 6.40. The Kier molecular flexibility index (Phi) is 4.73. The van der Waals surface area contributed by atoms with E-state index < -0.39 is 0 Å². The van der Waals surface area contributed by atoms with Gasteiger partial charge in [0.15, 0.2) is 11.0 Å². The molecule has 0 saturated carbocycles. The normalized spacial score (nSPS) is 11.2. The molecule has 0 N–H and O–H groups in total. The van der Waals surface area contributed by atoms with Gasteiger partial charge in [0, 0.05) is 13.7 Å². The van der Waals surface area contributed by atoms with Crippen LogP contribution >= 0.6 is 0 Å². The first-order chi connectivity index (χ1) is 8.86. The van der Waals surface area contributed by atoms with Gasteiger partial charge in [0.2, 0.25) is 6.33 Å². The van der Waals surface area contributed by atoms with E-state index in [-0.39, 0.29) is 0 Å². The molecule has 2 aromatic rings. The van der Waals surface area contributed by atoms with Gasteiger partial charge in [-0.1, -0.05) is 12.1 Å². The zero-order chi connectivity index (χ0) is 12.8. The van der Waals surface area contributed by atoms with Crippen LogP contribution in [0.25, 0.3) is 11.0 Å². The van der Waals surface area contributed by atoms with E-state index in [1.165, 1.54) is 11.0 Å². The van der Waals surface area contributed by atoms with Gasteiger partial charge in [-0.2, -0.15) is 0 Å². The fourth-order valence-electron chi connectivity index (χ4n) is 2.10. The topological polar surface area (TPSA) is 27.3 Å². The number of fused-ring (bicyclic) bond motifs is 1. The van der Waals surface area contributed by atoms with Crippen molar-refractivity contribution in [1.29, 1.82) is 0 Å². The smallest absolute Gasteiger partial charge is 0.244 e. The van der Waals surface area contributed by atoms with Crippen molar-refractivity contribution in [2.75, 3.05) is 26.9 Å². The maximum absolute atomic E-state index is 5.42. The number of hydrogen-bond donors (Lipinski definition) is 0. The molecule has 4 nitrogen and oxygen atoms in total. The standard InChI is InChI=1S/C14H21N2O2/c1-3-18-11-9-16-12-15(8-10-17-2)13-6-4-5-7-14(13)16/h4-7,12H,3,8-11H2,1-2H3/q+1. The van der Waals surface area contributed by atoms with Crippen molar-refractivity contribution < 1.29 is 14.0 Å². The number of benzene rings is 1. The van der Waals surface area contributed by atoms with Gasteiger partial charge in [0.1, 0.15) is 13.1 Å². The van der Waals surface area contributed by atoms with E-state index in [1.54, 1.807) is 7.11 Å². The maximum Gasteiger partial charge on any atom is 0.244 e. The summed E-state index contributed by atoms with van der Waals surface area (Å²) in [5.74, 6) is 0. The van der Waals surface area contributed by atoms with Crippen LogP contribution in [0.3, 0.4) is 0 Å². The molecule has 0 aliphatic carbocycles. The Morgan fingerprint density at radius 3 is 2.83 bits per heavy atom. The van der Waals surface area contributed by atoms with Gasteiger partial charge in [-0.25, -0.2) is 9.13 Å². The molecule has 2 rings (SSSR count). The summed E-state index contributed by atoms with van der Waals surface area (Å²) in [6.07, 6.45) is 2.14. The minimum atomic E-state index is 0.726. The van der Waals surface area contributed by atoms with Crippen molar-refractivity contribution >= 4 is 11.0 Å². The first kappa shape index (κ1) is 13.1. The van der Waals surface area contributed by atoms with Gasteiger partial charge in [-0.3, -0.25) is 0 Å². The average Bonchev–Trinajstić information content (AvgIpc) is 2.76. The third-order valence-corrected chi connectivity index (χ3v) is 3.00. The van der Waals surface area contributed by atoms with E-state index in [1.807, 2.05) is 6.92 Å². The summed E-state index contributed by atoms with van der Waals surface area (Å²) in [6, 6.07) is 8.42. The zero-order valence-corrected chi connectivity index (χ0v) is 11.1. The molecule has 1 heterocycles. The number of aromatic nitrogens is 2. The van der Waals surface area contributed by atoms with Crippen molar-refractivity contribution in [3.63, 3.8) is 0 Å². The van der Waals surface area contributed by atoms with Crippen LogP contribution in [-0.2, 0) is 22.6 Å². The third kappa shape index (κ3) is 2.89. The molecule has 0 amide bonds. The lowest BCUT2D eigenvalue weighted by atomic mass is 10.3. The Bertz CT molecular complexity index is 493. The molecule has 18 heavy (non-hydrogen) atoms. The number of para-hydroxylation sites is 2. The second-order valence-corrected chi connectivity index (χ2v) is 4.18. The molecule has 0 unspecified atom stereocenters. The third-order valence-electron chi connectivity index (χ3n) is 3.00. The molecule has 98 valence electrons. The number of imidazole rings is 1. The predicted molar refractivity (Wildman–Crippen MR) is 70.5 cm³/mol. The predicted octanol–water partition coefficient (Wildman–Crippen LogP) is 1.61. The Labute approximate surface area is 108 Å². The number of nitrogens with zero attached hydrogens (tertiary/aromatic N) is 2. The van der Waals surface area contributed by atoms with Gasteiger partial charge in [0.05, 0.1) is 13.2 Å². The lowest BCUT2D eigenvalue weighted by molar-refractivity contribution is -0.674. The Morgan fingerprint density at radius 2 is 2.06 bits per heavy atom. The van der Waals surface area contributed by atoms with Gasteiger partial charge >= 0.3 is 0 Å². The molecule has 0 fully saturated rings. The van der Waals surface area contributed by atoms with E-state index in [0.29, 0.717) is 0 Å².